The number of likely N-dealkylation sites (tertiary alicyclic amines) is 1. The molecule has 0 saturated carbocycles. The molecule has 1 N–H and O–H groups in total. The van der Waals surface area contributed by atoms with Gasteiger partial charge in [-0.25, -0.2) is 0 Å². The van der Waals surface area contributed by atoms with Crippen LogP contribution in [0, 0.1) is 0 Å². The van der Waals surface area contributed by atoms with Crippen LogP contribution in [0.1, 0.15) is 43.5 Å². The van der Waals surface area contributed by atoms with Crippen LogP contribution in [-0.4, -0.2) is 50.2 Å². The van der Waals surface area contributed by atoms with Gasteiger partial charge in [-0.3, -0.25) is 4.79 Å². The number of nitrogens with zero attached hydrogens (tertiary/aromatic N) is 1. The average Bonchev–Trinajstić information content (AvgIpc) is 3.02. The van der Waals surface area contributed by atoms with Crippen molar-refractivity contribution in [1.82, 2.24) is 10.2 Å². The highest BCUT2D eigenvalue weighted by Crippen LogP contribution is 2.30. The molecule has 23 heavy (non-hydrogen) atoms. The van der Waals surface area contributed by atoms with Gasteiger partial charge in [0.2, 0.25) is 0 Å². The van der Waals surface area contributed by atoms with Gasteiger partial charge in [0.1, 0.15) is 0 Å². The highest BCUT2D eigenvalue weighted by Gasteiger charge is 2.29. The fourth-order valence-corrected chi connectivity index (χ4v) is 2.96. The van der Waals surface area contributed by atoms with E-state index < -0.39 is 0 Å². The Morgan fingerprint density at radius 3 is 2.83 bits per heavy atom. The van der Waals surface area contributed by atoms with Crippen LogP contribution in [0.25, 0.3) is 0 Å². The molecule has 1 atom stereocenters. The number of likely N-dealkylation sites (N-methyl/N-ethyl adjacent to an activating group) is 1. The van der Waals surface area contributed by atoms with Gasteiger partial charge in [0.15, 0.2) is 11.5 Å². The van der Waals surface area contributed by atoms with E-state index in [0.29, 0.717) is 30.3 Å². The lowest BCUT2D eigenvalue weighted by Gasteiger charge is -2.25. The quantitative estimate of drug-likeness (QED) is 0.800. The monoisotopic (exact) mass is 320 g/mol. The lowest BCUT2D eigenvalue weighted by Crippen LogP contribution is -2.40. The summed E-state index contributed by atoms with van der Waals surface area (Å²) in [7, 11) is 1.92. The minimum atomic E-state index is 0.0748. The second-order valence-corrected chi connectivity index (χ2v) is 5.80. The maximum absolute atomic E-state index is 12.8. The van der Waals surface area contributed by atoms with E-state index in [1.807, 2.05) is 37.1 Å². The summed E-state index contributed by atoms with van der Waals surface area (Å²) < 4.78 is 11.4. The summed E-state index contributed by atoms with van der Waals surface area (Å²) in [6.45, 7) is 6.84. The second-order valence-electron chi connectivity index (χ2n) is 5.80. The van der Waals surface area contributed by atoms with Crippen LogP contribution in [0.3, 0.4) is 0 Å². The van der Waals surface area contributed by atoms with E-state index >= 15 is 0 Å². The second kappa shape index (κ2) is 8.77. The van der Waals surface area contributed by atoms with Gasteiger partial charge in [0, 0.05) is 24.7 Å². The van der Waals surface area contributed by atoms with Crippen molar-refractivity contribution in [2.24, 2.45) is 0 Å². The Morgan fingerprint density at radius 1 is 1.30 bits per heavy atom. The largest absolute Gasteiger partial charge is 0.490 e. The Kier molecular flexibility index (Phi) is 6.71. The summed E-state index contributed by atoms with van der Waals surface area (Å²) >= 11 is 0. The van der Waals surface area contributed by atoms with E-state index in [9.17, 15) is 4.79 Å². The third-order valence-electron chi connectivity index (χ3n) is 4.03. The third-order valence-corrected chi connectivity index (χ3v) is 4.03. The van der Waals surface area contributed by atoms with Crippen molar-refractivity contribution in [2.45, 2.75) is 39.2 Å². The molecule has 0 radical (unpaired) electrons. The predicted octanol–water partition coefficient (Wildman–Crippen LogP) is 2.70. The molecule has 1 heterocycles. The lowest BCUT2D eigenvalue weighted by atomic mass is 10.1. The zero-order chi connectivity index (χ0) is 16.7. The highest BCUT2D eigenvalue weighted by atomic mass is 16.5. The first-order valence-corrected chi connectivity index (χ1v) is 8.56. The Labute approximate surface area is 139 Å². The van der Waals surface area contributed by atoms with E-state index in [1.165, 1.54) is 0 Å². The summed E-state index contributed by atoms with van der Waals surface area (Å²) in [5, 5.41) is 3.17. The number of ether oxygens (including phenoxy) is 2. The first-order chi connectivity index (χ1) is 11.2. The van der Waals surface area contributed by atoms with Gasteiger partial charge in [-0.1, -0.05) is 6.92 Å². The molecule has 2 rings (SSSR count). The van der Waals surface area contributed by atoms with Crippen molar-refractivity contribution in [3.8, 4) is 11.5 Å². The van der Waals surface area contributed by atoms with Crippen molar-refractivity contribution in [3.05, 3.63) is 23.8 Å². The Bertz CT molecular complexity index is 519. The van der Waals surface area contributed by atoms with Gasteiger partial charge in [0.25, 0.3) is 5.91 Å². The minimum absolute atomic E-state index is 0.0748. The van der Waals surface area contributed by atoms with Gasteiger partial charge < -0.3 is 19.7 Å². The number of hydrogen-bond acceptors (Lipinski definition) is 4. The summed E-state index contributed by atoms with van der Waals surface area (Å²) in [4.78, 5) is 14.8. The Morgan fingerprint density at radius 2 is 2.13 bits per heavy atom. The van der Waals surface area contributed by atoms with E-state index in [0.717, 1.165) is 32.4 Å². The van der Waals surface area contributed by atoms with Crippen LogP contribution in [0.5, 0.6) is 11.5 Å². The first-order valence-electron chi connectivity index (χ1n) is 8.56. The zero-order valence-electron chi connectivity index (χ0n) is 14.4. The van der Waals surface area contributed by atoms with E-state index in [-0.39, 0.29) is 11.9 Å². The van der Waals surface area contributed by atoms with Crippen molar-refractivity contribution in [2.75, 3.05) is 33.4 Å². The maximum atomic E-state index is 12.8. The van der Waals surface area contributed by atoms with Gasteiger partial charge in [-0.05, 0) is 51.4 Å². The first kappa shape index (κ1) is 17.6. The van der Waals surface area contributed by atoms with Crippen LogP contribution in [0.2, 0.25) is 0 Å². The Hall–Kier alpha value is -1.75. The zero-order valence-corrected chi connectivity index (χ0v) is 14.4. The molecule has 1 saturated heterocycles. The molecule has 1 aliphatic rings. The summed E-state index contributed by atoms with van der Waals surface area (Å²) in [6, 6.07) is 5.77. The van der Waals surface area contributed by atoms with E-state index in [2.05, 4.69) is 12.2 Å². The van der Waals surface area contributed by atoms with Crippen LogP contribution < -0.4 is 14.8 Å². The number of carbonyl (C=O) groups excluding carboxylic acids is 1. The van der Waals surface area contributed by atoms with Crippen LogP contribution in [0.4, 0.5) is 0 Å². The number of amides is 1. The summed E-state index contributed by atoms with van der Waals surface area (Å²) in [5.41, 5.74) is 0.667. The fourth-order valence-electron chi connectivity index (χ4n) is 2.96. The molecule has 0 aromatic heterocycles. The molecule has 1 unspecified atom stereocenters. The average molecular weight is 320 g/mol. The van der Waals surface area contributed by atoms with Crippen LogP contribution >= 0.6 is 0 Å². The third kappa shape index (κ3) is 4.38. The molecule has 0 spiro atoms. The van der Waals surface area contributed by atoms with Gasteiger partial charge in [-0.15, -0.1) is 0 Å². The topological polar surface area (TPSA) is 50.8 Å². The minimum Gasteiger partial charge on any atom is -0.490 e. The van der Waals surface area contributed by atoms with Gasteiger partial charge in [-0.2, -0.15) is 0 Å². The molecule has 128 valence electrons. The van der Waals surface area contributed by atoms with Crippen molar-refractivity contribution in [3.63, 3.8) is 0 Å². The molecule has 5 nitrogen and oxygen atoms in total. The smallest absolute Gasteiger partial charge is 0.254 e. The molecule has 1 aromatic carbocycles. The van der Waals surface area contributed by atoms with Crippen molar-refractivity contribution in [1.29, 1.82) is 0 Å². The molecule has 0 aliphatic carbocycles. The van der Waals surface area contributed by atoms with Gasteiger partial charge >= 0.3 is 0 Å². The van der Waals surface area contributed by atoms with E-state index in [1.54, 1.807) is 0 Å². The molecule has 1 fully saturated rings. The van der Waals surface area contributed by atoms with Crippen molar-refractivity contribution >= 4 is 5.91 Å². The number of rotatable bonds is 8. The molecule has 1 aliphatic heterocycles. The van der Waals surface area contributed by atoms with Crippen LogP contribution in [0.15, 0.2) is 18.2 Å². The predicted molar refractivity (Wildman–Crippen MR) is 91.4 cm³/mol. The SMILES string of the molecule is CCCOc1ccc(C(=O)N2CCCC2CNC)cc1OCC. The number of carbonyl (C=O) groups is 1. The molecular formula is C18H28N2O3. The molecule has 5 heteroatoms. The molecule has 1 aromatic rings. The van der Waals surface area contributed by atoms with E-state index in [4.69, 9.17) is 9.47 Å². The molecular weight excluding hydrogens is 292 g/mol. The normalized spacial score (nSPS) is 17.3. The van der Waals surface area contributed by atoms with Crippen molar-refractivity contribution < 1.29 is 14.3 Å². The maximum Gasteiger partial charge on any atom is 0.254 e. The van der Waals surface area contributed by atoms with Crippen LogP contribution in [-0.2, 0) is 0 Å². The number of nitrogens with one attached hydrogen (secondary N) is 1. The number of benzene rings is 1. The lowest BCUT2D eigenvalue weighted by molar-refractivity contribution is 0.0736. The van der Waals surface area contributed by atoms with Gasteiger partial charge in [0.05, 0.1) is 13.2 Å². The molecule has 0 bridgehead atoms. The fraction of sp³-hybridized carbons (Fsp3) is 0.611. The highest BCUT2D eigenvalue weighted by molar-refractivity contribution is 5.95. The summed E-state index contributed by atoms with van der Waals surface area (Å²) in [6.07, 6.45) is 3.06. The summed E-state index contributed by atoms with van der Waals surface area (Å²) in [5.74, 6) is 1.43. The Balaban J connectivity index is 2.18. The number of hydrogen-bond donors (Lipinski definition) is 1. The molecule has 1 amide bonds. The standard InChI is InChI=1S/C18H28N2O3/c1-4-11-23-16-9-8-14(12-17(16)22-5-2)18(21)20-10-6-7-15(20)13-19-3/h8-9,12,15,19H,4-7,10-11,13H2,1-3H3.